The molecule has 7 heteroatoms. The molecule has 0 unspecified atom stereocenters. The number of pyridine rings is 2. The number of amides is 1. The third kappa shape index (κ3) is 3.60. The van der Waals surface area contributed by atoms with E-state index >= 15 is 0 Å². The monoisotopic (exact) mass is 423 g/mol. The van der Waals surface area contributed by atoms with Gasteiger partial charge in [0.25, 0.3) is 5.91 Å². The molecule has 0 saturated carbocycles. The van der Waals surface area contributed by atoms with Crippen molar-refractivity contribution in [3.05, 3.63) is 96.6 Å². The lowest BCUT2D eigenvalue weighted by atomic mass is 10.0. The quantitative estimate of drug-likeness (QED) is 0.437. The van der Waals surface area contributed by atoms with Crippen molar-refractivity contribution in [2.45, 2.75) is 0 Å². The van der Waals surface area contributed by atoms with Crippen molar-refractivity contribution in [3.8, 4) is 22.5 Å². The number of hydrogen-bond acceptors (Lipinski definition) is 4. The molecule has 6 nitrogen and oxygen atoms in total. The van der Waals surface area contributed by atoms with Gasteiger partial charge in [-0.15, -0.1) is 0 Å². The summed E-state index contributed by atoms with van der Waals surface area (Å²) in [5.74, 6) is -0.272. The predicted molar refractivity (Wildman–Crippen MR) is 122 cm³/mol. The molecule has 5 rings (SSSR count). The summed E-state index contributed by atoms with van der Waals surface area (Å²) in [5, 5.41) is 8.55. The van der Waals surface area contributed by atoms with E-state index in [0.29, 0.717) is 28.3 Å². The summed E-state index contributed by atoms with van der Waals surface area (Å²) in [7, 11) is 1.75. The van der Waals surface area contributed by atoms with Crippen LogP contribution in [0.1, 0.15) is 10.4 Å². The van der Waals surface area contributed by atoms with Gasteiger partial charge in [-0.2, -0.15) is 5.10 Å². The number of carbonyl (C=O) groups is 1. The number of nitrogens with one attached hydrogen (secondary N) is 1. The molecule has 1 N–H and O–H groups in total. The van der Waals surface area contributed by atoms with Gasteiger partial charge in [-0.3, -0.25) is 19.4 Å². The summed E-state index contributed by atoms with van der Waals surface area (Å²) >= 11 is 0. The van der Waals surface area contributed by atoms with Crippen LogP contribution in [0.15, 0.2) is 85.2 Å². The summed E-state index contributed by atoms with van der Waals surface area (Å²) < 4.78 is 15.1. The van der Waals surface area contributed by atoms with Crippen molar-refractivity contribution in [2.75, 3.05) is 5.32 Å². The molecule has 3 aromatic heterocycles. The van der Waals surface area contributed by atoms with E-state index in [-0.39, 0.29) is 5.91 Å². The number of nitrogens with zero attached hydrogens (tertiary/aromatic N) is 4. The number of fused-ring (bicyclic) bond motifs is 1. The fraction of sp³-hybridized carbons (Fsp3) is 0.0400. The lowest BCUT2D eigenvalue weighted by Gasteiger charge is -2.10. The largest absolute Gasteiger partial charge is 0.306 e. The Morgan fingerprint density at radius 1 is 0.969 bits per heavy atom. The zero-order valence-electron chi connectivity index (χ0n) is 17.2. The first-order chi connectivity index (χ1) is 15.6. The van der Waals surface area contributed by atoms with Crippen molar-refractivity contribution in [1.82, 2.24) is 19.7 Å². The Hall–Kier alpha value is -4.39. The van der Waals surface area contributed by atoms with E-state index in [9.17, 15) is 9.18 Å². The third-order valence-electron chi connectivity index (χ3n) is 5.18. The van der Waals surface area contributed by atoms with Crippen molar-refractivity contribution >= 4 is 22.6 Å². The fourth-order valence-corrected chi connectivity index (χ4v) is 3.62. The van der Waals surface area contributed by atoms with Crippen molar-refractivity contribution in [1.29, 1.82) is 0 Å². The molecule has 0 bridgehead atoms. The number of halogens is 1. The minimum absolute atomic E-state index is 0.302. The number of rotatable bonds is 4. The van der Waals surface area contributed by atoms with E-state index in [1.54, 1.807) is 36.1 Å². The van der Waals surface area contributed by atoms with Crippen LogP contribution in [0, 0.1) is 5.82 Å². The Bertz CT molecular complexity index is 1430. The standard InChI is InChI=1S/C25H18FN5O/c1-31-24(29-25(32)18-10-9-16-8-5-13-27-21(16)14-18)22(20-12-11-19(26)15-28-20)23(30-31)17-6-3-2-4-7-17/h2-15H,1H3,(H,29,32). The highest BCUT2D eigenvalue weighted by atomic mass is 19.1. The summed E-state index contributed by atoms with van der Waals surface area (Å²) in [5.41, 5.74) is 3.83. The van der Waals surface area contributed by atoms with E-state index in [2.05, 4.69) is 20.4 Å². The first kappa shape index (κ1) is 19.6. The van der Waals surface area contributed by atoms with Gasteiger partial charge >= 0.3 is 0 Å². The number of hydrogen-bond donors (Lipinski definition) is 1. The molecule has 0 aliphatic heterocycles. The number of anilines is 1. The van der Waals surface area contributed by atoms with Gasteiger partial charge in [-0.1, -0.05) is 42.5 Å². The number of aryl methyl sites for hydroxylation is 1. The van der Waals surface area contributed by atoms with Crippen LogP contribution in [0.3, 0.4) is 0 Å². The minimum Gasteiger partial charge on any atom is -0.306 e. The van der Waals surface area contributed by atoms with Crippen molar-refractivity contribution in [3.63, 3.8) is 0 Å². The zero-order chi connectivity index (χ0) is 22.1. The van der Waals surface area contributed by atoms with Crippen LogP contribution in [-0.2, 0) is 7.05 Å². The number of aromatic nitrogens is 4. The maximum absolute atomic E-state index is 13.5. The van der Waals surface area contributed by atoms with E-state index in [4.69, 9.17) is 0 Å². The molecule has 156 valence electrons. The lowest BCUT2D eigenvalue weighted by molar-refractivity contribution is 0.102. The van der Waals surface area contributed by atoms with E-state index < -0.39 is 5.82 Å². The molecule has 2 aromatic carbocycles. The molecule has 0 spiro atoms. The maximum atomic E-state index is 13.5. The predicted octanol–water partition coefficient (Wildman–Crippen LogP) is 5.09. The van der Waals surface area contributed by atoms with E-state index in [1.165, 1.54) is 6.07 Å². The van der Waals surface area contributed by atoms with Gasteiger partial charge in [0.2, 0.25) is 0 Å². The third-order valence-corrected chi connectivity index (χ3v) is 5.18. The van der Waals surface area contributed by atoms with Gasteiger partial charge < -0.3 is 5.32 Å². The Balaban J connectivity index is 1.60. The zero-order valence-corrected chi connectivity index (χ0v) is 17.2. The minimum atomic E-state index is -0.437. The Labute approximate surface area is 183 Å². The van der Waals surface area contributed by atoms with Gasteiger partial charge in [0.05, 0.1) is 23.0 Å². The highest BCUT2D eigenvalue weighted by Crippen LogP contribution is 2.36. The van der Waals surface area contributed by atoms with Crippen LogP contribution in [-0.4, -0.2) is 25.7 Å². The van der Waals surface area contributed by atoms with Crippen LogP contribution >= 0.6 is 0 Å². The summed E-state index contributed by atoms with van der Waals surface area (Å²) in [6.45, 7) is 0. The lowest BCUT2D eigenvalue weighted by Crippen LogP contribution is -2.15. The summed E-state index contributed by atoms with van der Waals surface area (Å²) in [6.07, 6.45) is 2.84. The fourth-order valence-electron chi connectivity index (χ4n) is 3.62. The molecule has 32 heavy (non-hydrogen) atoms. The van der Waals surface area contributed by atoms with Crippen molar-refractivity contribution < 1.29 is 9.18 Å². The highest BCUT2D eigenvalue weighted by Gasteiger charge is 2.22. The molecule has 0 radical (unpaired) electrons. The van der Waals surface area contributed by atoms with Crippen molar-refractivity contribution in [2.24, 2.45) is 7.05 Å². The van der Waals surface area contributed by atoms with Gasteiger partial charge in [0.15, 0.2) is 0 Å². The van der Waals surface area contributed by atoms with Crippen LogP contribution < -0.4 is 5.32 Å². The molecule has 1 amide bonds. The smallest absolute Gasteiger partial charge is 0.256 e. The highest BCUT2D eigenvalue weighted by molar-refractivity contribution is 6.08. The summed E-state index contributed by atoms with van der Waals surface area (Å²) in [4.78, 5) is 21.7. The maximum Gasteiger partial charge on any atom is 0.256 e. The molecule has 0 aliphatic rings. The topological polar surface area (TPSA) is 72.7 Å². The Morgan fingerprint density at radius 2 is 1.81 bits per heavy atom. The summed E-state index contributed by atoms with van der Waals surface area (Å²) in [6, 6.07) is 21.7. The Kier molecular flexibility index (Phi) is 4.91. The average molecular weight is 423 g/mol. The molecular formula is C25H18FN5O. The second-order valence-electron chi connectivity index (χ2n) is 7.29. The van der Waals surface area contributed by atoms with E-state index in [0.717, 1.165) is 22.7 Å². The van der Waals surface area contributed by atoms with Crippen LogP contribution in [0.2, 0.25) is 0 Å². The Morgan fingerprint density at radius 3 is 2.59 bits per heavy atom. The van der Waals surface area contributed by atoms with E-state index in [1.807, 2.05) is 48.5 Å². The van der Waals surface area contributed by atoms with Gasteiger partial charge in [-0.05, 0) is 30.3 Å². The normalized spacial score (nSPS) is 10.9. The van der Waals surface area contributed by atoms with Gasteiger partial charge in [0, 0.05) is 29.8 Å². The molecule has 0 saturated heterocycles. The molecular weight excluding hydrogens is 405 g/mol. The first-order valence-electron chi connectivity index (χ1n) is 10.0. The van der Waals surface area contributed by atoms with Crippen LogP contribution in [0.25, 0.3) is 33.4 Å². The second-order valence-corrected chi connectivity index (χ2v) is 7.29. The van der Waals surface area contributed by atoms with Gasteiger partial charge in [-0.25, -0.2) is 4.39 Å². The van der Waals surface area contributed by atoms with Gasteiger partial charge in [0.1, 0.15) is 17.3 Å². The molecule has 0 fully saturated rings. The van der Waals surface area contributed by atoms with Crippen LogP contribution in [0.5, 0.6) is 0 Å². The van der Waals surface area contributed by atoms with Crippen LogP contribution in [0.4, 0.5) is 10.2 Å². The molecule has 3 heterocycles. The molecule has 0 atom stereocenters. The SMILES string of the molecule is Cn1nc(-c2ccccc2)c(-c2ccc(F)cn2)c1NC(=O)c1ccc2cccnc2c1. The first-order valence-corrected chi connectivity index (χ1v) is 10.0. The molecule has 0 aliphatic carbocycles. The molecule has 5 aromatic rings. The number of carbonyl (C=O) groups excluding carboxylic acids is 1. The average Bonchev–Trinajstić information content (AvgIpc) is 3.15. The second kappa shape index (κ2) is 8.03. The number of benzene rings is 2.